The zero-order valence-corrected chi connectivity index (χ0v) is 15.4. The number of nitrogens with one attached hydrogen (secondary N) is 1. The van der Waals surface area contributed by atoms with E-state index in [1.807, 2.05) is 13.8 Å². The third kappa shape index (κ3) is 4.00. The summed E-state index contributed by atoms with van der Waals surface area (Å²) in [4.78, 5) is 16.1. The number of benzene rings is 1. The van der Waals surface area contributed by atoms with Crippen molar-refractivity contribution in [3.8, 4) is 0 Å². The van der Waals surface area contributed by atoms with E-state index in [2.05, 4.69) is 10.3 Å². The van der Waals surface area contributed by atoms with Gasteiger partial charge in [-0.1, -0.05) is 13.8 Å². The second-order valence-corrected chi connectivity index (χ2v) is 6.85. The fourth-order valence-corrected chi connectivity index (χ4v) is 2.82. The van der Waals surface area contributed by atoms with E-state index in [0.717, 1.165) is 4.57 Å². The highest BCUT2D eigenvalue weighted by molar-refractivity contribution is 5.97. The number of aromatic nitrogens is 2. The number of hydrogen-bond donors (Lipinski definition) is 2. The minimum atomic E-state index is -4.56. The molecule has 0 radical (unpaired) electrons. The highest BCUT2D eigenvalue weighted by atomic mass is 19.4. The monoisotopic (exact) mass is 370 g/mol. The molecule has 2 aromatic rings. The first kappa shape index (κ1) is 20.2. The molecular weight excluding hydrogens is 345 g/mol. The lowest BCUT2D eigenvalue weighted by atomic mass is 9.94. The molecule has 144 valence electrons. The topological polar surface area (TPSA) is 72.9 Å². The average Bonchev–Trinajstić information content (AvgIpc) is 2.98. The molecule has 0 bridgehead atoms. The Hall–Kier alpha value is -2.09. The fraction of sp³-hybridized carbons (Fsp3) is 0.556. The number of nitrogens with two attached hydrogens (primary N) is 1. The van der Waals surface area contributed by atoms with E-state index in [4.69, 9.17) is 5.73 Å². The van der Waals surface area contributed by atoms with Crippen LogP contribution < -0.4 is 11.1 Å². The molecule has 0 fully saturated rings. The Balaban J connectivity index is 2.36. The van der Waals surface area contributed by atoms with Gasteiger partial charge in [-0.2, -0.15) is 13.2 Å². The Bertz CT molecular complexity index is 792. The summed E-state index contributed by atoms with van der Waals surface area (Å²) >= 11 is 0. The van der Waals surface area contributed by atoms with Crippen molar-refractivity contribution >= 4 is 16.9 Å². The third-order valence-corrected chi connectivity index (χ3v) is 4.73. The molecule has 2 rings (SSSR count). The lowest BCUT2D eigenvalue weighted by Gasteiger charge is -2.26. The molecule has 0 aliphatic heterocycles. The summed E-state index contributed by atoms with van der Waals surface area (Å²) in [6, 6.07) is 3.98. The van der Waals surface area contributed by atoms with Gasteiger partial charge in [-0.3, -0.25) is 4.79 Å². The Morgan fingerprint density at radius 1 is 1.27 bits per heavy atom. The van der Waals surface area contributed by atoms with Crippen molar-refractivity contribution in [1.29, 1.82) is 0 Å². The summed E-state index contributed by atoms with van der Waals surface area (Å²) in [5.74, 6) is -1.34. The highest BCUT2D eigenvalue weighted by Crippen LogP contribution is 2.33. The van der Waals surface area contributed by atoms with E-state index in [-0.39, 0.29) is 17.0 Å². The van der Waals surface area contributed by atoms with Gasteiger partial charge in [0.15, 0.2) is 0 Å². The first-order valence-corrected chi connectivity index (χ1v) is 8.68. The van der Waals surface area contributed by atoms with Gasteiger partial charge >= 0.3 is 6.18 Å². The van der Waals surface area contributed by atoms with Crippen molar-refractivity contribution in [2.24, 2.45) is 5.73 Å². The number of halogens is 3. The summed E-state index contributed by atoms with van der Waals surface area (Å²) < 4.78 is 40.9. The maximum absolute atomic E-state index is 13.3. The standard InChI is InChI=1S/C18H25F3N4O/c1-5-17(22,6-2)10-23-15(26)12-7-8-14-13(9-12)24-16(18(19,20)21)25(14)11(3)4/h7-9,11H,5-6,10,22H2,1-4H3,(H,23,26). The summed E-state index contributed by atoms with van der Waals surface area (Å²) in [6.45, 7) is 7.50. The third-order valence-electron chi connectivity index (χ3n) is 4.73. The number of imidazole rings is 1. The van der Waals surface area contributed by atoms with Crippen molar-refractivity contribution in [3.05, 3.63) is 29.6 Å². The van der Waals surface area contributed by atoms with E-state index < -0.39 is 23.6 Å². The van der Waals surface area contributed by atoms with Gasteiger partial charge in [0.05, 0.1) is 11.0 Å². The van der Waals surface area contributed by atoms with E-state index in [1.165, 1.54) is 18.2 Å². The second-order valence-electron chi connectivity index (χ2n) is 6.85. The van der Waals surface area contributed by atoms with Crippen LogP contribution in [0.1, 0.15) is 62.8 Å². The van der Waals surface area contributed by atoms with Gasteiger partial charge in [-0.15, -0.1) is 0 Å². The van der Waals surface area contributed by atoms with Crippen LogP contribution in [0, 0.1) is 0 Å². The van der Waals surface area contributed by atoms with Gasteiger partial charge in [0.2, 0.25) is 5.82 Å². The predicted octanol–water partition coefficient (Wildman–Crippen LogP) is 3.88. The lowest BCUT2D eigenvalue weighted by molar-refractivity contribution is -0.147. The number of rotatable bonds is 6. The zero-order chi connectivity index (χ0) is 19.7. The number of carbonyl (C=O) groups excluding carboxylic acids is 1. The van der Waals surface area contributed by atoms with Crippen LogP contribution in [-0.4, -0.2) is 27.5 Å². The summed E-state index contributed by atoms with van der Waals surface area (Å²) in [6.07, 6.45) is -3.15. The first-order chi connectivity index (χ1) is 12.0. The van der Waals surface area contributed by atoms with Crippen molar-refractivity contribution in [1.82, 2.24) is 14.9 Å². The normalized spacial score (nSPS) is 12.8. The Labute approximate surface area is 150 Å². The number of nitrogens with zero attached hydrogens (tertiary/aromatic N) is 2. The minimum absolute atomic E-state index is 0.142. The van der Waals surface area contributed by atoms with Crippen molar-refractivity contribution < 1.29 is 18.0 Å². The van der Waals surface area contributed by atoms with Crippen LogP contribution in [0.25, 0.3) is 11.0 Å². The molecule has 3 N–H and O–H groups in total. The molecule has 0 unspecified atom stereocenters. The molecule has 0 saturated carbocycles. The number of hydrogen-bond acceptors (Lipinski definition) is 3. The largest absolute Gasteiger partial charge is 0.449 e. The van der Waals surface area contributed by atoms with Gasteiger partial charge < -0.3 is 15.6 Å². The number of amides is 1. The zero-order valence-electron chi connectivity index (χ0n) is 15.4. The van der Waals surface area contributed by atoms with E-state index in [0.29, 0.717) is 24.9 Å². The van der Waals surface area contributed by atoms with Crippen molar-refractivity contribution in [3.63, 3.8) is 0 Å². The molecule has 5 nitrogen and oxygen atoms in total. The minimum Gasteiger partial charge on any atom is -0.350 e. The van der Waals surface area contributed by atoms with E-state index in [1.54, 1.807) is 13.8 Å². The Morgan fingerprint density at radius 3 is 2.38 bits per heavy atom. The fourth-order valence-electron chi connectivity index (χ4n) is 2.82. The predicted molar refractivity (Wildman–Crippen MR) is 95.0 cm³/mol. The quantitative estimate of drug-likeness (QED) is 0.810. The maximum Gasteiger partial charge on any atom is 0.449 e. The average molecular weight is 370 g/mol. The SMILES string of the molecule is CCC(N)(CC)CNC(=O)c1ccc2c(c1)nc(C(F)(F)F)n2C(C)C. The van der Waals surface area contributed by atoms with Gasteiger partial charge in [0.1, 0.15) is 0 Å². The Morgan fingerprint density at radius 2 is 1.88 bits per heavy atom. The van der Waals surface area contributed by atoms with Crippen LogP contribution in [0.2, 0.25) is 0 Å². The molecule has 26 heavy (non-hydrogen) atoms. The maximum atomic E-state index is 13.3. The van der Waals surface area contributed by atoms with Gasteiger partial charge in [0, 0.05) is 23.7 Å². The molecule has 8 heteroatoms. The molecule has 0 saturated heterocycles. The lowest BCUT2D eigenvalue weighted by Crippen LogP contribution is -2.49. The number of carbonyl (C=O) groups is 1. The van der Waals surface area contributed by atoms with Crippen LogP contribution in [0.15, 0.2) is 18.2 Å². The van der Waals surface area contributed by atoms with Crippen molar-refractivity contribution in [2.45, 2.75) is 58.3 Å². The molecule has 0 atom stereocenters. The molecule has 0 aliphatic rings. The summed E-state index contributed by atoms with van der Waals surface area (Å²) in [5, 5.41) is 2.76. The van der Waals surface area contributed by atoms with Gasteiger partial charge in [0.25, 0.3) is 5.91 Å². The number of alkyl halides is 3. The molecule has 0 aliphatic carbocycles. The molecule has 0 spiro atoms. The van der Waals surface area contributed by atoms with Gasteiger partial charge in [-0.05, 0) is 44.9 Å². The van der Waals surface area contributed by atoms with Crippen LogP contribution in [0.4, 0.5) is 13.2 Å². The smallest absolute Gasteiger partial charge is 0.350 e. The van der Waals surface area contributed by atoms with Gasteiger partial charge in [-0.25, -0.2) is 4.98 Å². The Kier molecular flexibility index (Phi) is 5.65. The highest BCUT2D eigenvalue weighted by Gasteiger charge is 2.38. The van der Waals surface area contributed by atoms with Crippen LogP contribution in [0.3, 0.4) is 0 Å². The van der Waals surface area contributed by atoms with E-state index in [9.17, 15) is 18.0 Å². The molecule has 1 amide bonds. The molecule has 1 aromatic heterocycles. The van der Waals surface area contributed by atoms with Crippen molar-refractivity contribution in [2.75, 3.05) is 6.54 Å². The summed E-state index contributed by atoms with van der Waals surface area (Å²) in [7, 11) is 0. The molecule has 1 aromatic carbocycles. The summed E-state index contributed by atoms with van der Waals surface area (Å²) in [5.41, 5.74) is 6.41. The second kappa shape index (κ2) is 7.26. The van der Waals surface area contributed by atoms with E-state index >= 15 is 0 Å². The molecule has 1 heterocycles. The first-order valence-electron chi connectivity index (χ1n) is 8.68. The van der Waals surface area contributed by atoms with Crippen LogP contribution >= 0.6 is 0 Å². The van der Waals surface area contributed by atoms with Crippen LogP contribution in [0.5, 0.6) is 0 Å². The molecular formula is C18H25F3N4O. The number of fused-ring (bicyclic) bond motifs is 1. The van der Waals surface area contributed by atoms with Crippen LogP contribution in [-0.2, 0) is 6.18 Å².